The third-order valence-electron chi connectivity index (χ3n) is 3.77. The Balaban J connectivity index is 1.67. The molecule has 0 saturated carbocycles. The number of amides is 1. The van der Waals surface area contributed by atoms with E-state index in [4.69, 9.17) is 4.74 Å². The van der Waals surface area contributed by atoms with Gasteiger partial charge < -0.3 is 15.2 Å². The molecule has 122 valence electrons. The second-order valence-electron chi connectivity index (χ2n) is 5.39. The fourth-order valence-electron chi connectivity index (χ4n) is 2.44. The minimum Gasteiger partial charge on any atom is -0.497 e. The molecule has 5 nitrogen and oxygen atoms in total. The number of nitrogens with one attached hydrogen (secondary N) is 1. The summed E-state index contributed by atoms with van der Waals surface area (Å²) in [7, 11) is 1.57. The molecular weight excluding hydrogens is 304 g/mol. The van der Waals surface area contributed by atoms with Crippen LogP contribution >= 0.6 is 0 Å². The Morgan fingerprint density at radius 2 is 2.00 bits per heavy atom. The molecule has 0 aliphatic heterocycles. The van der Waals surface area contributed by atoms with Gasteiger partial charge in [0.1, 0.15) is 11.4 Å². The summed E-state index contributed by atoms with van der Waals surface area (Å²) in [6.45, 7) is 0.0977. The fraction of sp³-hybridized carbons (Fsp3) is 0.158. The van der Waals surface area contributed by atoms with Gasteiger partial charge in [-0.25, -0.2) is 4.98 Å². The number of rotatable bonds is 5. The SMILES string of the molecule is COc1cccc(C(O)CNC(=O)c2ccc3ccccc3n2)c1. The van der Waals surface area contributed by atoms with E-state index in [1.807, 2.05) is 30.3 Å². The molecule has 0 aliphatic carbocycles. The van der Waals surface area contributed by atoms with Crippen LogP contribution in [0.1, 0.15) is 22.2 Å². The standard InChI is InChI=1S/C19H18N2O3/c1-24-15-7-4-6-14(11-15)18(22)12-20-19(23)17-10-9-13-5-2-3-8-16(13)21-17/h2-11,18,22H,12H2,1H3,(H,20,23). The number of aromatic nitrogens is 1. The van der Waals surface area contributed by atoms with Gasteiger partial charge in [-0.3, -0.25) is 4.79 Å². The molecule has 0 radical (unpaired) electrons. The third-order valence-corrected chi connectivity index (χ3v) is 3.77. The second-order valence-corrected chi connectivity index (χ2v) is 5.39. The number of ether oxygens (including phenoxy) is 1. The molecule has 2 N–H and O–H groups in total. The van der Waals surface area contributed by atoms with Crippen LogP contribution in [-0.2, 0) is 0 Å². The number of aliphatic hydroxyl groups excluding tert-OH is 1. The van der Waals surface area contributed by atoms with Crippen LogP contribution < -0.4 is 10.1 Å². The maximum atomic E-state index is 12.2. The van der Waals surface area contributed by atoms with Gasteiger partial charge in [0.2, 0.25) is 0 Å². The number of aliphatic hydroxyl groups is 1. The summed E-state index contributed by atoms with van der Waals surface area (Å²) >= 11 is 0. The van der Waals surface area contributed by atoms with Crippen molar-refractivity contribution in [2.45, 2.75) is 6.10 Å². The van der Waals surface area contributed by atoms with Gasteiger partial charge >= 0.3 is 0 Å². The Kier molecular flexibility index (Phi) is 4.72. The van der Waals surface area contributed by atoms with E-state index in [0.717, 1.165) is 10.9 Å². The molecule has 1 unspecified atom stereocenters. The molecular formula is C19H18N2O3. The Labute approximate surface area is 139 Å². The summed E-state index contributed by atoms with van der Waals surface area (Å²) in [5.74, 6) is 0.344. The van der Waals surface area contributed by atoms with Crippen molar-refractivity contribution in [3.05, 3.63) is 71.9 Å². The first-order chi connectivity index (χ1) is 11.7. The van der Waals surface area contributed by atoms with Crippen molar-refractivity contribution in [2.75, 3.05) is 13.7 Å². The van der Waals surface area contributed by atoms with Crippen LogP contribution in [0.3, 0.4) is 0 Å². The molecule has 0 fully saturated rings. The van der Waals surface area contributed by atoms with Gasteiger partial charge in [0.15, 0.2) is 0 Å². The average Bonchev–Trinajstić information content (AvgIpc) is 2.65. The van der Waals surface area contributed by atoms with Crippen LogP contribution in [0.25, 0.3) is 10.9 Å². The van der Waals surface area contributed by atoms with Gasteiger partial charge in [-0.2, -0.15) is 0 Å². The predicted octanol–water partition coefficient (Wildman–Crippen LogP) is 2.71. The minimum atomic E-state index is -0.815. The Hall–Kier alpha value is -2.92. The number of benzene rings is 2. The van der Waals surface area contributed by atoms with E-state index in [1.165, 1.54) is 0 Å². The third kappa shape index (κ3) is 3.52. The average molecular weight is 322 g/mol. The van der Waals surface area contributed by atoms with Crippen molar-refractivity contribution in [1.82, 2.24) is 10.3 Å². The van der Waals surface area contributed by atoms with Crippen molar-refractivity contribution in [3.8, 4) is 5.75 Å². The number of nitrogens with zero attached hydrogens (tertiary/aromatic N) is 1. The Bertz CT molecular complexity index is 864. The van der Waals surface area contributed by atoms with E-state index in [1.54, 1.807) is 37.4 Å². The van der Waals surface area contributed by atoms with E-state index in [0.29, 0.717) is 17.0 Å². The van der Waals surface area contributed by atoms with Crippen LogP contribution in [0.4, 0.5) is 0 Å². The smallest absolute Gasteiger partial charge is 0.270 e. The molecule has 3 rings (SSSR count). The summed E-state index contributed by atoms with van der Waals surface area (Å²) in [5, 5.41) is 13.9. The zero-order chi connectivity index (χ0) is 16.9. The number of methoxy groups -OCH3 is 1. The molecule has 0 aliphatic rings. The molecule has 1 heterocycles. The highest BCUT2D eigenvalue weighted by molar-refractivity contribution is 5.94. The molecule has 5 heteroatoms. The zero-order valence-electron chi connectivity index (χ0n) is 13.3. The number of fused-ring (bicyclic) bond motifs is 1. The van der Waals surface area contributed by atoms with E-state index in [-0.39, 0.29) is 12.5 Å². The highest BCUT2D eigenvalue weighted by Gasteiger charge is 2.12. The lowest BCUT2D eigenvalue weighted by atomic mass is 10.1. The zero-order valence-corrected chi connectivity index (χ0v) is 13.3. The highest BCUT2D eigenvalue weighted by Crippen LogP contribution is 2.18. The largest absolute Gasteiger partial charge is 0.497 e. The maximum Gasteiger partial charge on any atom is 0.270 e. The predicted molar refractivity (Wildman–Crippen MR) is 92.0 cm³/mol. The quantitative estimate of drug-likeness (QED) is 0.757. The van der Waals surface area contributed by atoms with E-state index >= 15 is 0 Å². The summed E-state index contributed by atoms with van der Waals surface area (Å²) in [6.07, 6.45) is -0.815. The lowest BCUT2D eigenvalue weighted by Crippen LogP contribution is -2.29. The van der Waals surface area contributed by atoms with Gasteiger partial charge in [-0.05, 0) is 29.8 Å². The molecule has 0 saturated heterocycles. The first-order valence-electron chi connectivity index (χ1n) is 7.63. The van der Waals surface area contributed by atoms with Gasteiger partial charge in [0.25, 0.3) is 5.91 Å². The first kappa shape index (κ1) is 16.0. The van der Waals surface area contributed by atoms with Gasteiger partial charge in [0.05, 0.1) is 18.7 Å². The lowest BCUT2D eigenvalue weighted by Gasteiger charge is -2.13. The number of carbonyl (C=O) groups is 1. The van der Waals surface area contributed by atoms with Crippen LogP contribution in [0, 0.1) is 0 Å². The number of para-hydroxylation sites is 1. The van der Waals surface area contributed by atoms with Crippen LogP contribution in [-0.4, -0.2) is 29.7 Å². The summed E-state index contributed by atoms with van der Waals surface area (Å²) in [5.41, 5.74) is 1.77. The lowest BCUT2D eigenvalue weighted by molar-refractivity contribution is 0.0911. The molecule has 24 heavy (non-hydrogen) atoms. The van der Waals surface area contributed by atoms with Gasteiger partial charge in [-0.1, -0.05) is 36.4 Å². The van der Waals surface area contributed by atoms with Crippen molar-refractivity contribution < 1.29 is 14.6 Å². The molecule has 3 aromatic rings. The molecule has 0 bridgehead atoms. The molecule has 1 atom stereocenters. The minimum absolute atomic E-state index is 0.0977. The highest BCUT2D eigenvalue weighted by atomic mass is 16.5. The van der Waals surface area contributed by atoms with Crippen LogP contribution in [0.5, 0.6) is 5.75 Å². The molecule has 1 aromatic heterocycles. The maximum absolute atomic E-state index is 12.2. The Morgan fingerprint density at radius 3 is 2.83 bits per heavy atom. The topological polar surface area (TPSA) is 71.5 Å². The molecule has 2 aromatic carbocycles. The molecule has 1 amide bonds. The fourth-order valence-corrected chi connectivity index (χ4v) is 2.44. The van der Waals surface area contributed by atoms with Crippen molar-refractivity contribution in [3.63, 3.8) is 0 Å². The van der Waals surface area contributed by atoms with Crippen LogP contribution in [0.15, 0.2) is 60.7 Å². The summed E-state index contributed by atoms with van der Waals surface area (Å²) in [6, 6.07) is 18.3. The van der Waals surface area contributed by atoms with Gasteiger partial charge in [0, 0.05) is 11.9 Å². The number of hydrogen-bond acceptors (Lipinski definition) is 4. The summed E-state index contributed by atoms with van der Waals surface area (Å²) in [4.78, 5) is 16.6. The Morgan fingerprint density at radius 1 is 1.17 bits per heavy atom. The number of hydrogen-bond donors (Lipinski definition) is 2. The number of pyridine rings is 1. The van der Waals surface area contributed by atoms with Crippen molar-refractivity contribution >= 4 is 16.8 Å². The normalized spacial score (nSPS) is 11.9. The monoisotopic (exact) mass is 322 g/mol. The van der Waals surface area contributed by atoms with E-state index in [2.05, 4.69) is 10.3 Å². The van der Waals surface area contributed by atoms with E-state index < -0.39 is 6.10 Å². The van der Waals surface area contributed by atoms with Crippen LogP contribution in [0.2, 0.25) is 0 Å². The van der Waals surface area contributed by atoms with E-state index in [9.17, 15) is 9.90 Å². The van der Waals surface area contributed by atoms with Gasteiger partial charge in [-0.15, -0.1) is 0 Å². The van der Waals surface area contributed by atoms with Crippen molar-refractivity contribution in [1.29, 1.82) is 0 Å². The summed E-state index contributed by atoms with van der Waals surface area (Å²) < 4.78 is 5.13. The number of carbonyl (C=O) groups excluding carboxylic acids is 1. The first-order valence-corrected chi connectivity index (χ1v) is 7.63. The van der Waals surface area contributed by atoms with Crippen molar-refractivity contribution in [2.24, 2.45) is 0 Å². The molecule has 0 spiro atoms. The second kappa shape index (κ2) is 7.10.